The molecule has 1 aromatic carbocycles. The van der Waals surface area contributed by atoms with Crippen molar-refractivity contribution < 1.29 is 5.11 Å². The molecule has 1 aliphatic carbocycles. The number of nitrogens with two attached hydrogens (primary N) is 1. The van der Waals surface area contributed by atoms with Gasteiger partial charge in [-0.25, -0.2) is 0 Å². The Kier molecular flexibility index (Phi) is 1.74. The number of fused-ring (bicyclic) bond motifs is 1. The van der Waals surface area contributed by atoms with Gasteiger partial charge in [0.2, 0.25) is 0 Å². The average Bonchev–Trinajstić information content (AvgIpc) is 2.41. The molecule has 2 rings (SSSR count). The summed E-state index contributed by atoms with van der Waals surface area (Å²) in [7, 11) is 0. The monoisotopic (exact) mass is 183 g/mol. The van der Waals surface area contributed by atoms with E-state index >= 15 is 0 Å². The van der Waals surface area contributed by atoms with Gasteiger partial charge in [-0.05, 0) is 30.0 Å². The van der Waals surface area contributed by atoms with Crippen LogP contribution in [0.3, 0.4) is 0 Å². The summed E-state index contributed by atoms with van der Waals surface area (Å²) in [6.07, 6.45) is 1.90. The minimum absolute atomic E-state index is 0.000370. The second-order valence-corrected chi connectivity index (χ2v) is 3.49. The van der Waals surface area contributed by atoms with Crippen molar-refractivity contribution in [2.45, 2.75) is 18.9 Å². The molecule has 3 N–H and O–H groups in total. The molecule has 3 heteroatoms. The largest absolute Gasteiger partial charge is 0.506 e. The van der Waals surface area contributed by atoms with Crippen molar-refractivity contribution in [3.05, 3.63) is 28.3 Å². The van der Waals surface area contributed by atoms with E-state index in [1.807, 2.05) is 6.07 Å². The van der Waals surface area contributed by atoms with Gasteiger partial charge in [-0.15, -0.1) is 0 Å². The van der Waals surface area contributed by atoms with Crippen LogP contribution in [0.2, 0.25) is 5.02 Å². The van der Waals surface area contributed by atoms with Crippen molar-refractivity contribution in [1.82, 2.24) is 0 Å². The molecule has 0 heterocycles. The van der Waals surface area contributed by atoms with Gasteiger partial charge in [0.05, 0.1) is 5.02 Å². The Balaban J connectivity index is 2.63. The Morgan fingerprint density at radius 3 is 3.00 bits per heavy atom. The van der Waals surface area contributed by atoms with Gasteiger partial charge in [0.25, 0.3) is 0 Å². The summed E-state index contributed by atoms with van der Waals surface area (Å²) in [4.78, 5) is 0. The summed E-state index contributed by atoms with van der Waals surface area (Å²) in [5.41, 5.74) is 7.92. The third-order valence-corrected chi connectivity index (χ3v) is 2.74. The number of aryl methyl sites for hydroxylation is 1. The molecule has 1 aromatic rings. The number of benzene rings is 1. The molecule has 1 unspecified atom stereocenters. The van der Waals surface area contributed by atoms with Crippen molar-refractivity contribution in [2.24, 2.45) is 5.73 Å². The van der Waals surface area contributed by atoms with E-state index in [0.717, 1.165) is 18.4 Å². The predicted octanol–water partition coefficient (Wildman–Crippen LogP) is 1.99. The Bertz CT molecular complexity index is 325. The molecule has 12 heavy (non-hydrogen) atoms. The lowest BCUT2D eigenvalue weighted by Crippen LogP contribution is -2.05. The van der Waals surface area contributed by atoms with Crippen molar-refractivity contribution in [1.29, 1.82) is 0 Å². The van der Waals surface area contributed by atoms with Crippen LogP contribution in [-0.4, -0.2) is 5.11 Å². The highest BCUT2D eigenvalue weighted by Crippen LogP contribution is 2.39. The van der Waals surface area contributed by atoms with Crippen LogP contribution in [0, 0.1) is 0 Å². The zero-order valence-corrected chi connectivity index (χ0v) is 7.30. The maximum atomic E-state index is 9.31. The highest BCUT2D eigenvalue weighted by molar-refractivity contribution is 6.33. The standard InChI is InChI=1S/C9H10ClNO/c10-9-7(12)4-2-5-1-3-6(11)8(5)9/h2,4,6,12H,1,3,11H2. The van der Waals surface area contributed by atoms with Crippen molar-refractivity contribution >= 4 is 11.6 Å². The quantitative estimate of drug-likeness (QED) is 0.646. The molecule has 0 spiro atoms. The maximum Gasteiger partial charge on any atom is 0.134 e. The zero-order valence-electron chi connectivity index (χ0n) is 6.55. The van der Waals surface area contributed by atoms with Gasteiger partial charge < -0.3 is 10.8 Å². The first kappa shape index (κ1) is 7.90. The smallest absolute Gasteiger partial charge is 0.134 e. The summed E-state index contributed by atoms with van der Waals surface area (Å²) in [6, 6.07) is 3.52. The first-order valence-electron chi connectivity index (χ1n) is 3.96. The third-order valence-electron chi connectivity index (χ3n) is 2.35. The van der Waals surface area contributed by atoms with E-state index in [0.29, 0.717) is 5.02 Å². The van der Waals surface area contributed by atoms with Gasteiger partial charge in [-0.3, -0.25) is 0 Å². The number of hydrogen-bond donors (Lipinski definition) is 2. The predicted molar refractivity (Wildman–Crippen MR) is 48.4 cm³/mol. The summed E-state index contributed by atoms with van der Waals surface area (Å²) in [5.74, 6) is 0.132. The van der Waals surface area contributed by atoms with Crippen LogP contribution in [0.15, 0.2) is 12.1 Å². The van der Waals surface area contributed by atoms with Gasteiger partial charge in [0, 0.05) is 6.04 Å². The fourth-order valence-corrected chi connectivity index (χ4v) is 2.02. The van der Waals surface area contributed by atoms with Crippen LogP contribution in [0.25, 0.3) is 0 Å². The van der Waals surface area contributed by atoms with Crippen LogP contribution in [0.1, 0.15) is 23.6 Å². The minimum Gasteiger partial charge on any atom is -0.506 e. The van der Waals surface area contributed by atoms with Crippen LogP contribution in [-0.2, 0) is 6.42 Å². The first-order valence-corrected chi connectivity index (χ1v) is 4.34. The number of rotatable bonds is 0. The van der Waals surface area contributed by atoms with Crippen LogP contribution >= 0.6 is 11.6 Å². The van der Waals surface area contributed by atoms with E-state index in [1.54, 1.807) is 6.07 Å². The van der Waals surface area contributed by atoms with E-state index < -0.39 is 0 Å². The maximum absolute atomic E-state index is 9.31. The molecule has 2 nitrogen and oxygen atoms in total. The van der Waals surface area contributed by atoms with Crippen molar-refractivity contribution in [2.75, 3.05) is 0 Å². The summed E-state index contributed by atoms with van der Waals surface area (Å²) >= 11 is 5.90. The van der Waals surface area contributed by atoms with Crippen molar-refractivity contribution in [3.8, 4) is 5.75 Å². The minimum atomic E-state index is -0.000370. The zero-order chi connectivity index (χ0) is 8.72. The number of hydrogen-bond acceptors (Lipinski definition) is 2. The highest BCUT2D eigenvalue weighted by Gasteiger charge is 2.23. The second-order valence-electron chi connectivity index (χ2n) is 3.12. The average molecular weight is 184 g/mol. The van der Waals surface area contributed by atoms with Crippen LogP contribution in [0.5, 0.6) is 5.75 Å². The molecule has 0 saturated carbocycles. The number of aromatic hydroxyl groups is 1. The lowest BCUT2D eigenvalue weighted by atomic mass is 10.1. The topological polar surface area (TPSA) is 46.2 Å². The number of phenols is 1. The van der Waals surface area contributed by atoms with E-state index in [9.17, 15) is 5.11 Å². The van der Waals surface area contributed by atoms with Crippen LogP contribution < -0.4 is 5.73 Å². The Labute approximate surface area is 76.0 Å². The second kappa shape index (κ2) is 2.64. The molecule has 0 aromatic heterocycles. The fraction of sp³-hybridized carbons (Fsp3) is 0.333. The van der Waals surface area contributed by atoms with Crippen LogP contribution in [0.4, 0.5) is 0 Å². The number of halogens is 1. The first-order chi connectivity index (χ1) is 5.70. The Morgan fingerprint density at radius 1 is 1.50 bits per heavy atom. The van der Waals surface area contributed by atoms with Gasteiger partial charge in [0.1, 0.15) is 5.75 Å². The molecule has 1 atom stereocenters. The third kappa shape index (κ3) is 0.993. The molecule has 0 aliphatic heterocycles. The van der Waals surface area contributed by atoms with E-state index in [1.165, 1.54) is 5.56 Å². The van der Waals surface area contributed by atoms with E-state index in [-0.39, 0.29) is 11.8 Å². The summed E-state index contributed by atoms with van der Waals surface area (Å²) in [6.45, 7) is 0. The molecule has 0 saturated heterocycles. The lowest BCUT2D eigenvalue weighted by Gasteiger charge is -2.07. The molecular formula is C9H10ClNO. The summed E-state index contributed by atoms with van der Waals surface area (Å²) < 4.78 is 0. The van der Waals surface area contributed by atoms with E-state index in [2.05, 4.69) is 0 Å². The Morgan fingerprint density at radius 2 is 2.25 bits per heavy atom. The molecule has 1 aliphatic rings. The van der Waals surface area contributed by atoms with Gasteiger partial charge >= 0.3 is 0 Å². The molecule has 0 bridgehead atoms. The Hall–Kier alpha value is -0.730. The molecule has 64 valence electrons. The lowest BCUT2D eigenvalue weighted by molar-refractivity contribution is 0.474. The number of phenolic OH excluding ortho intramolecular Hbond substituents is 1. The fourth-order valence-electron chi connectivity index (χ4n) is 1.70. The van der Waals surface area contributed by atoms with Gasteiger partial charge in [-0.2, -0.15) is 0 Å². The molecule has 0 fully saturated rings. The van der Waals surface area contributed by atoms with E-state index in [4.69, 9.17) is 17.3 Å². The molecular weight excluding hydrogens is 174 g/mol. The normalized spacial score (nSPS) is 21.0. The summed E-state index contributed by atoms with van der Waals surface area (Å²) in [5, 5.41) is 9.74. The SMILES string of the molecule is NC1CCc2ccc(O)c(Cl)c21. The highest BCUT2D eigenvalue weighted by atomic mass is 35.5. The van der Waals surface area contributed by atoms with Crippen molar-refractivity contribution in [3.63, 3.8) is 0 Å². The van der Waals surface area contributed by atoms with Gasteiger partial charge in [0.15, 0.2) is 0 Å². The molecule has 0 amide bonds. The molecule has 0 radical (unpaired) electrons. The van der Waals surface area contributed by atoms with Gasteiger partial charge in [-0.1, -0.05) is 17.7 Å².